The molecule has 0 unspecified atom stereocenters. The van der Waals surface area contributed by atoms with E-state index in [1.165, 1.54) is 18.3 Å². The Kier molecular flexibility index (Phi) is 6.75. The number of nitrogens with zero attached hydrogens (tertiary/aromatic N) is 1. The van der Waals surface area contributed by atoms with Gasteiger partial charge in [-0.2, -0.15) is 0 Å². The maximum Gasteiger partial charge on any atom is 0.358 e. The van der Waals surface area contributed by atoms with Crippen LogP contribution in [0.2, 0.25) is 0 Å². The van der Waals surface area contributed by atoms with Crippen LogP contribution in [-0.4, -0.2) is 57.0 Å². The minimum Gasteiger partial charge on any atom is -0.457 e. The minimum atomic E-state index is -2.50. The molecule has 1 aromatic rings. The Morgan fingerprint density at radius 1 is 1.26 bits per heavy atom. The minimum absolute atomic E-state index is 0.103. The fourth-order valence-corrected chi connectivity index (χ4v) is 9.03. The van der Waals surface area contributed by atoms with Gasteiger partial charge in [-0.15, -0.1) is 11.3 Å². The van der Waals surface area contributed by atoms with Crippen molar-refractivity contribution in [3.05, 3.63) is 39.4 Å². The van der Waals surface area contributed by atoms with Crippen LogP contribution < -0.4 is 0 Å². The topological polar surface area (TPSA) is 93.6 Å². The maximum atomic E-state index is 17.7. The molecule has 4 aliphatic carbocycles. The lowest BCUT2D eigenvalue weighted by atomic mass is 9.44. The number of allylic oxidation sites excluding steroid dienone is 3. The van der Waals surface area contributed by atoms with E-state index in [9.17, 15) is 23.9 Å². The molecule has 3 fully saturated rings. The number of halogens is 3. The number of aliphatic hydroxyl groups excluding tert-OH is 1. The Balaban J connectivity index is 1.56. The predicted molar refractivity (Wildman–Crippen MR) is 137 cm³/mol. The highest BCUT2D eigenvalue weighted by Gasteiger charge is 2.75. The fraction of sp³-hybridized carbons (Fsp3) is 0.630. The van der Waals surface area contributed by atoms with Gasteiger partial charge in [-0.1, -0.05) is 13.8 Å². The molecule has 0 bridgehead atoms. The van der Waals surface area contributed by atoms with E-state index in [-0.39, 0.29) is 47.4 Å². The van der Waals surface area contributed by atoms with E-state index in [4.69, 9.17) is 4.74 Å². The normalized spacial score (nSPS) is 41.9. The van der Waals surface area contributed by atoms with Crippen LogP contribution >= 0.6 is 23.1 Å². The molecule has 3 saturated carbocycles. The largest absolute Gasteiger partial charge is 0.457 e. The third-order valence-electron chi connectivity index (χ3n) is 9.52. The number of aliphatic hydroxyl groups is 1. The summed E-state index contributed by atoms with van der Waals surface area (Å²) in [5.74, 6) is -3.01. The number of hydrogen-bond acceptors (Lipinski definition) is 8. The lowest BCUT2D eigenvalue weighted by Gasteiger charge is -2.63. The Hall–Kier alpha value is -1.98. The van der Waals surface area contributed by atoms with Gasteiger partial charge in [0.2, 0.25) is 5.12 Å². The van der Waals surface area contributed by atoms with Crippen molar-refractivity contribution in [3.8, 4) is 0 Å². The second-order valence-corrected chi connectivity index (χ2v) is 13.4. The van der Waals surface area contributed by atoms with Gasteiger partial charge in [-0.25, -0.2) is 22.9 Å². The highest BCUT2D eigenvalue weighted by molar-refractivity contribution is 8.14. The van der Waals surface area contributed by atoms with Gasteiger partial charge in [0, 0.05) is 22.3 Å². The van der Waals surface area contributed by atoms with Crippen LogP contribution in [0.4, 0.5) is 13.2 Å². The SMILES string of the molecule is Cc1nc(C(=O)O[C@@H]2[C@H](C)C[C@H]3[C@@H]4C[C@H](F)C5=CC(=O)C=C(C(=O)SCF)[C@]5(C)[C@@]4(F)[C@@H](O)C[C@]23C)cs1. The zero-order chi connectivity index (χ0) is 27.8. The van der Waals surface area contributed by atoms with E-state index < -0.39 is 69.6 Å². The van der Waals surface area contributed by atoms with E-state index in [0.717, 1.165) is 12.2 Å². The summed E-state index contributed by atoms with van der Waals surface area (Å²) >= 11 is 1.59. The molecule has 0 amide bonds. The highest BCUT2D eigenvalue weighted by atomic mass is 32.2. The fourth-order valence-electron chi connectivity index (χ4n) is 7.93. The molecular weight excluding hydrogens is 539 g/mol. The molecule has 1 N–H and O–H groups in total. The zero-order valence-electron chi connectivity index (χ0n) is 21.5. The van der Waals surface area contributed by atoms with Gasteiger partial charge in [-0.3, -0.25) is 9.59 Å². The lowest BCUT2D eigenvalue weighted by Crippen LogP contribution is -2.69. The number of carbonyl (C=O) groups excluding carboxylic acids is 3. The number of ketones is 1. The first-order valence-electron chi connectivity index (χ1n) is 12.6. The van der Waals surface area contributed by atoms with Crippen molar-refractivity contribution in [1.29, 1.82) is 0 Å². The van der Waals surface area contributed by atoms with Crippen LogP contribution in [0.5, 0.6) is 0 Å². The summed E-state index contributed by atoms with van der Waals surface area (Å²) in [4.78, 5) is 42.4. The Labute approximate surface area is 227 Å². The molecule has 38 heavy (non-hydrogen) atoms. The summed E-state index contributed by atoms with van der Waals surface area (Å²) in [5, 5.41) is 13.0. The monoisotopic (exact) mass is 569 g/mol. The number of alkyl halides is 3. The smallest absolute Gasteiger partial charge is 0.358 e. The molecule has 9 atom stereocenters. The molecule has 0 spiro atoms. The summed E-state index contributed by atoms with van der Waals surface area (Å²) < 4.78 is 52.6. The molecule has 1 aromatic heterocycles. The summed E-state index contributed by atoms with van der Waals surface area (Å²) in [6, 6.07) is -1.09. The van der Waals surface area contributed by atoms with Gasteiger partial charge < -0.3 is 9.84 Å². The predicted octanol–water partition coefficient (Wildman–Crippen LogP) is 5.10. The summed E-state index contributed by atoms with van der Waals surface area (Å²) in [7, 11) is 0. The quantitative estimate of drug-likeness (QED) is 0.505. The Bertz CT molecular complexity index is 1260. The number of esters is 1. The van der Waals surface area contributed by atoms with Gasteiger partial charge >= 0.3 is 5.97 Å². The molecule has 6 nitrogen and oxygen atoms in total. The maximum absolute atomic E-state index is 17.7. The number of rotatable bonds is 4. The Morgan fingerprint density at radius 2 is 1.97 bits per heavy atom. The van der Waals surface area contributed by atoms with Crippen molar-refractivity contribution in [2.75, 3.05) is 6.01 Å². The molecule has 1 heterocycles. The second-order valence-electron chi connectivity index (χ2n) is 11.4. The van der Waals surface area contributed by atoms with Gasteiger partial charge in [0.25, 0.3) is 0 Å². The highest BCUT2D eigenvalue weighted by Crippen LogP contribution is 2.70. The number of fused-ring (bicyclic) bond motifs is 5. The van der Waals surface area contributed by atoms with Crippen molar-refractivity contribution >= 4 is 40.0 Å². The molecule has 0 aliphatic heterocycles. The summed E-state index contributed by atoms with van der Waals surface area (Å²) in [6.07, 6.45) is -2.10. The first-order valence-corrected chi connectivity index (χ1v) is 14.5. The second kappa shape index (κ2) is 9.30. The van der Waals surface area contributed by atoms with Crippen LogP contribution in [-0.2, 0) is 14.3 Å². The number of thiazole rings is 1. The van der Waals surface area contributed by atoms with Crippen molar-refractivity contribution in [3.63, 3.8) is 0 Å². The van der Waals surface area contributed by atoms with Crippen LogP contribution in [0, 0.1) is 35.5 Å². The van der Waals surface area contributed by atoms with Crippen LogP contribution in [0.15, 0.2) is 28.7 Å². The van der Waals surface area contributed by atoms with E-state index in [2.05, 4.69) is 4.98 Å². The van der Waals surface area contributed by atoms with Crippen LogP contribution in [0.25, 0.3) is 0 Å². The first-order chi connectivity index (χ1) is 17.8. The summed E-state index contributed by atoms with van der Waals surface area (Å²) in [6.45, 7) is 6.83. The van der Waals surface area contributed by atoms with E-state index in [1.54, 1.807) is 12.3 Å². The average Bonchev–Trinajstić information content (AvgIpc) is 3.38. The van der Waals surface area contributed by atoms with Gasteiger partial charge in [0.15, 0.2) is 17.1 Å². The standard InChI is InChI=1S/C27H30F3NO5S2/c1-12-5-15-16-8-19(29)17-6-14(32)7-18(24(35)38-11-28)26(17,4)27(16,30)21(33)9-25(15,3)22(12)36-23(34)20-10-37-13(2)31-20/h6-7,10,12,15-16,19,21-22,33H,5,8-9,11H2,1-4H3/t12-,15+,16+,19+,21+,22-,25+,26-,27+/m1/s1. The number of carbonyl (C=O) groups is 3. The summed E-state index contributed by atoms with van der Waals surface area (Å²) in [5.41, 5.74) is -5.68. The Morgan fingerprint density at radius 3 is 2.61 bits per heavy atom. The first kappa shape index (κ1) is 27.6. The van der Waals surface area contributed by atoms with Gasteiger partial charge in [0.1, 0.15) is 18.3 Å². The van der Waals surface area contributed by atoms with Gasteiger partial charge in [-0.05, 0) is 74.4 Å². The third-order valence-corrected chi connectivity index (χ3v) is 10.9. The van der Waals surface area contributed by atoms with Crippen LogP contribution in [0.1, 0.15) is 55.5 Å². The lowest BCUT2D eigenvalue weighted by molar-refractivity contribution is -0.209. The zero-order valence-corrected chi connectivity index (χ0v) is 23.1. The van der Waals surface area contributed by atoms with Crippen molar-refractivity contribution in [2.24, 2.45) is 28.6 Å². The van der Waals surface area contributed by atoms with E-state index in [1.807, 2.05) is 13.8 Å². The number of aromatic nitrogens is 1. The van der Waals surface area contributed by atoms with Crippen molar-refractivity contribution in [2.45, 2.75) is 71.0 Å². The molecular formula is C27H30F3NO5S2. The number of thioether (sulfide) groups is 1. The molecule has 0 aromatic carbocycles. The molecule has 11 heteroatoms. The third kappa shape index (κ3) is 3.71. The molecule has 4 aliphatic rings. The number of ether oxygens (including phenoxy) is 1. The number of aryl methyl sites for hydroxylation is 1. The molecule has 206 valence electrons. The average molecular weight is 570 g/mol. The van der Waals surface area contributed by atoms with Gasteiger partial charge in [0.05, 0.1) is 16.5 Å². The van der Waals surface area contributed by atoms with Crippen LogP contribution in [0.3, 0.4) is 0 Å². The van der Waals surface area contributed by atoms with Crippen molar-refractivity contribution < 1.29 is 37.4 Å². The van der Waals surface area contributed by atoms with E-state index in [0.29, 0.717) is 11.4 Å². The van der Waals surface area contributed by atoms with Crippen molar-refractivity contribution in [1.82, 2.24) is 4.98 Å². The molecule has 5 rings (SSSR count). The van der Waals surface area contributed by atoms with E-state index >= 15 is 8.78 Å². The number of hydrogen-bond donors (Lipinski definition) is 1. The molecule has 0 saturated heterocycles. The molecule has 0 radical (unpaired) electrons.